The van der Waals surface area contributed by atoms with E-state index in [0.29, 0.717) is 22.8 Å². The second-order valence-corrected chi connectivity index (χ2v) is 7.08. The van der Waals surface area contributed by atoms with E-state index in [0.717, 1.165) is 21.3 Å². The molecule has 0 atom stereocenters. The van der Waals surface area contributed by atoms with Crippen molar-refractivity contribution in [2.45, 2.75) is 0 Å². The van der Waals surface area contributed by atoms with Gasteiger partial charge in [0.15, 0.2) is 17.3 Å². The summed E-state index contributed by atoms with van der Waals surface area (Å²) < 4.78 is 4.43. The van der Waals surface area contributed by atoms with Gasteiger partial charge in [-0.15, -0.1) is 10.2 Å². The second-order valence-electron chi connectivity index (χ2n) is 6.17. The third-order valence-corrected chi connectivity index (χ3v) is 4.83. The Balaban J connectivity index is 1.72. The molecule has 0 saturated carbocycles. The van der Waals surface area contributed by atoms with Crippen molar-refractivity contribution in [1.82, 2.24) is 39.7 Å². The Hall–Kier alpha value is -3.46. The average Bonchev–Trinajstić information content (AvgIpc) is 3.33. The summed E-state index contributed by atoms with van der Waals surface area (Å²) in [4.78, 5) is 13.4. The van der Waals surface area contributed by atoms with Crippen molar-refractivity contribution in [3.8, 4) is 28.5 Å². The topological polar surface area (TPSA) is 87.2 Å². The molecule has 28 heavy (non-hydrogen) atoms. The molecule has 5 rings (SSSR count). The number of aryl methyl sites for hydroxylation is 1. The SMILES string of the molecule is Cn1nnc2cc(-c3nc(-c4cccnc4)nn3-c3ccc(Br)cc3)cnc21. The summed E-state index contributed by atoms with van der Waals surface area (Å²) in [6, 6.07) is 13.6. The van der Waals surface area contributed by atoms with Gasteiger partial charge in [-0.25, -0.2) is 19.3 Å². The van der Waals surface area contributed by atoms with Crippen LogP contribution in [-0.4, -0.2) is 39.7 Å². The summed E-state index contributed by atoms with van der Waals surface area (Å²) >= 11 is 3.47. The van der Waals surface area contributed by atoms with E-state index in [9.17, 15) is 0 Å². The molecule has 0 spiro atoms. The number of rotatable bonds is 3. The lowest BCUT2D eigenvalue weighted by molar-refractivity contribution is 0.730. The van der Waals surface area contributed by atoms with Crippen molar-refractivity contribution >= 4 is 27.1 Å². The Morgan fingerprint density at radius 2 is 1.86 bits per heavy atom. The van der Waals surface area contributed by atoms with E-state index in [-0.39, 0.29) is 0 Å². The molecular weight excluding hydrogens is 420 g/mol. The van der Waals surface area contributed by atoms with E-state index in [1.807, 2.05) is 49.5 Å². The maximum atomic E-state index is 4.77. The molecule has 8 nitrogen and oxygen atoms in total. The lowest BCUT2D eigenvalue weighted by Gasteiger charge is -2.06. The highest BCUT2D eigenvalue weighted by molar-refractivity contribution is 9.10. The second kappa shape index (κ2) is 6.61. The summed E-state index contributed by atoms with van der Waals surface area (Å²) in [5, 5.41) is 12.9. The highest BCUT2D eigenvalue weighted by Gasteiger charge is 2.17. The van der Waals surface area contributed by atoms with Crippen molar-refractivity contribution in [3.63, 3.8) is 0 Å². The molecule has 0 unspecified atom stereocenters. The monoisotopic (exact) mass is 432 g/mol. The number of fused-ring (bicyclic) bond motifs is 1. The molecule has 0 fully saturated rings. The predicted octanol–water partition coefficient (Wildman–Crippen LogP) is 3.44. The van der Waals surface area contributed by atoms with E-state index in [4.69, 9.17) is 10.1 Å². The minimum atomic E-state index is 0.588. The van der Waals surface area contributed by atoms with Gasteiger partial charge in [0, 0.05) is 41.2 Å². The van der Waals surface area contributed by atoms with Crippen molar-refractivity contribution in [3.05, 3.63) is 65.5 Å². The maximum Gasteiger partial charge on any atom is 0.183 e. The molecule has 0 aliphatic rings. The van der Waals surface area contributed by atoms with Crippen LogP contribution >= 0.6 is 15.9 Å². The highest BCUT2D eigenvalue weighted by atomic mass is 79.9. The number of benzene rings is 1. The molecular formula is C19H13BrN8. The van der Waals surface area contributed by atoms with Gasteiger partial charge in [0.25, 0.3) is 0 Å². The third-order valence-electron chi connectivity index (χ3n) is 4.30. The summed E-state index contributed by atoms with van der Waals surface area (Å²) in [6.45, 7) is 0. The first-order valence-corrected chi connectivity index (χ1v) is 9.27. The minimum Gasteiger partial charge on any atom is -0.264 e. The van der Waals surface area contributed by atoms with Gasteiger partial charge in [0.1, 0.15) is 5.52 Å². The minimum absolute atomic E-state index is 0.588. The lowest BCUT2D eigenvalue weighted by Crippen LogP contribution is -2.00. The fourth-order valence-corrected chi connectivity index (χ4v) is 3.19. The van der Waals surface area contributed by atoms with Gasteiger partial charge in [0.05, 0.1) is 5.69 Å². The first-order chi connectivity index (χ1) is 13.7. The van der Waals surface area contributed by atoms with E-state index in [1.54, 1.807) is 28.0 Å². The smallest absolute Gasteiger partial charge is 0.183 e. The van der Waals surface area contributed by atoms with Gasteiger partial charge in [-0.2, -0.15) is 0 Å². The van der Waals surface area contributed by atoms with Gasteiger partial charge in [-0.1, -0.05) is 21.1 Å². The van der Waals surface area contributed by atoms with E-state index in [2.05, 4.69) is 36.2 Å². The zero-order chi connectivity index (χ0) is 19.1. The van der Waals surface area contributed by atoms with Crippen LogP contribution in [0.2, 0.25) is 0 Å². The number of halogens is 1. The molecule has 0 saturated heterocycles. The quantitative estimate of drug-likeness (QED) is 0.433. The molecule has 0 aliphatic heterocycles. The van der Waals surface area contributed by atoms with Crippen LogP contribution in [-0.2, 0) is 7.05 Å². The summed E-state index contributed by atoms with van der Waals surface area (Å²) in [5.41, 5.74) is 3.95. The molecule has 4 aromatic heterocycles. The first kappa shape index (κ1) is 16.7. The van der Waals surface area contributed by atoms with Crippen LogP contribution in [0.15, 0.2) is 65.5 Å². The van der Waals surface area contributed by atoms with Gasteiger partial charge < -0.3 is 0 Å². The van der Waals surface area contributed by atoms with Crippen molar-refractivity contribution in [2.24, 2.45) is 7.05 Å². The third kappa shape index (κ3) is 2.85. The largest absolute Gasteiger partial charge is 0.264 e. The fourth-order valence-electron chi connectivity index (χ4n) is 2.93. The number of hydrogen-bond acceptors (Lipinski definition) is 6. The molecule has 4 heterocycles. The molecule has 0 amide bonds. The van der Waals surface area contributed by atoms with Gasteiger partial charge in [0.2, 0.25) is 0 Å². The normalized spacial score (nSPS) is 11.2. The zero-order valence-corrected chi connectivity index (χ0v) is 16.3. The molecule has 9 heteroatoms. The Labute approximate surface area is 168 Å². The summed E-state index contributed by atoms with van der Waals surface area (Å²) in [7, 11) is 1.81. The number of aromatic nitrogens is 8. The van der Waals surface area contributed by atoms with Gasteiger partial charge in [-0.05, 0) is 42.5 Å². The molecule has 0 N–H and O–H groups in total. The first-order valence-electron chi connectivity index (χ1n) is 8.48. The molecule has 1 aromatic carbocycles. The van der Waals surface area contributed by atoms with Crippen molar-refractivity contribution < 1.29 is 0 Å². The molecule has 0 aliphatic carbocycles. The van der Waals surface area contributed by atoms with Crippen LogP contribution in [0.25, 0.3) is 39.6 Å². The number of nitrogens with zero attached hydrogens (tertiary/aromatic N) is 8. The van der Waals surface area contributed by atoms with E-state index in [1.165, 1.54) is 0 Å². The fraction of sp³-hybridized carbons (Fsp3) is 0.0526. The number of hydrogen-bond donors (Lipinski definition) is 0. The Bertz CT molecular complexity index is 1270. The molecule has 136 valence electrons. The van der Waals surface area contributed by atoms with Crippen LogP contribution in [0.4, 0.5) is 0 Å². The standard InChI is InChI=1S/C19H13BrN8/c1-27-19-16(24-26-27)9-13(11-22-19)18-23-17(12-3-2-8-21-10-12)25-28(18)15-6-4-14(20)5-7-15/h2-11H,1H3. The van der Waals surface area contributed by atoms with Crippen molar-refractivity contribution in [2.75, 3.05) is 0 Å². The van der Waals surface area contributed by atoms with E-state index >= 15 is 0 Å². The van der Waals surface area contributed by atoms with Gasteiger partial charge >= 0.3 is 0 Å². The Kier molecular flexibility index (Phi) is 3.94. The average molecular weight is 433 g/mol. The van der Waals surface area contributed by atoms with Crippen LogP contribution in [0.1, 0.15) is 0 Å². The van der Waals surface area contributed by atoms with Crippen LogP contribution in [0, 0.1) is 0 Å². The Morgan fingerprint density at radius 3 is 2.64 bits per heavy atom. The van der Waals surface area contributed by atoms with E-state index < -0.39 is 0 Å². The van der Waals surface area contributed by atoms with Crippen LogP contribution in [0.5, 0.6) is 0 Å². The lowest BCUT2D eigenvalue weighted by atomic mass is 10.2. The molecule has 0 radical (unpaired) electrons. The van der Waals surface area contributed by atoms with Crippen LogP contribution in [0.3, 0.4) is 0 Å². The van der Waals surface area contributed by atoms with Crippen molar-refractivity contribution in [1.29, 1.82) is 0 Å². The summed E-state index contributed by atoms with van der Waals surface area (Å²) in [5.74, 6) is 1.26. The highest BCUT2D eigenvalue weighted by Crippen LogP contribution is 2.26. The zero-order valence-electron chi connectivity index (χ0n) is 14.7. The predicted molar refractivity (Wildman–Crippen MR) is 108 cm³/mol. The Morgan fingerprint density at radius 1 is 1.00 bits per heavy atom. The molecule has 0 bridgehead atoms. The maximum absolute atomic E-state index is 4.77. The summed E-state index contributed by atoms with van der Waals surface area (Å²) in [6.07, 6.45) is 5.23. The molecule has 5 aromatic rings. The number of pyridine rings is 2. The van der Waals surface area contributed by atoms with Crippen LogP contribution < -0.4 is 0 Å². The van der Waals surface area contributed by atoms with Gasteiger partial charge in [-0.3, -0.25) is 4.98 Å².